The Bertz CT molecular complexity index is 1090. The molecular weight excluding hydrogens is 492 g/mol. The smallest absolute Gasteiger partial charge is 0.407 e. The van der Waals surface area contributed by atoms with E-state index >= 15 is 0 Å². The van der Waals surface area contributed by atoms with Gasteiger partial charge in [-0.25, -0.2) is 14.3 Å². The van der Waals surface area contributed by atoms with Crippen molar-refractivity contribution >= 4 is 30.1 Å². The normalized spacial score (nSPS) is 30.3. The lowest BCUT2D eigenvalue weighted by molar-refractivity contribution is -0.137. The Balaban J connectivity index is 1.36. The zero-order valence-electron chi connectivity index (χ0n) is 22.3. The van der Waals surface area contributed by atoms with Gasteiger partial charge < -0.3 is 35.5 Å². The quantitative estimate of drug-likeness (QED) is 0.485. The molecule has 5 fully saturated rings. The van der Waals surface area contributed by atoms with E-state index in [1.54, 1.807) is 23.2 Å². The van der Waals surface area contributed by atoms with Gasteiger partial charge in [0.1, 0.15) is 17.0 Å². The van der Waals surface area contributed by atoms with Gasteiger partial charge in [-0.3, -0.25) is 4.79 Å². The molecule has 38 heavy (non-hydrogen) atoms. The highest BCUT2D eigenvalue weighted by atomic mass is 16.6. The van der Waals surface area contributed by atoms with Crippen molar-refractivity contribution in [3.8, 4) is 0 Å². The van der Waals surface area contributed by atoms with Crippen LogP contribution in [-0.2, 0) is 14.2 Å². The molecule has 2 atom stereocenters. The second kappa shape index (κ2) is 10.1. The van der Waals surface area contributed by atoms with Gasteiger partial charge in [-0.1, -0.05) is 0 Å². The molecule has 6 rings (SSSR count). The van der Waals surface area contributed by atoms with Crippen LogP contribution in [-0.4, -0.2) is 78.5 Å². The highest BCUT2D eigenvalue weighted by Crippen LogP contribution is 2.57. The van der Waals surface area contributed by atoms with E-state index in [2.05, 4.69) is 20.6 Å². The molecule has 1 aromatic heterocycles. The number of nitrogens with two attached hydrogens (primary N) is 1. The SMILES string of the molecule is COC(=O)NC(C)(C)/C=C/n1ncc(C(=O)NC2C3CC4CC2CC(OC(N)=O)(C4)C3)c1N1CCOCC1. The maximum atomic E-state index is 13.7. The van der Waals surface area contributed by atoms with Crippen LogP contribution >= 0.6 is 0 Å². The second-order valence-corrected chi connectivity index (χ2v) is 11.7. The average Bonchev–Trinajstić information content (AvgIpc) is 3.28. The lowest BCUT2D eigenvalue weighted by atomic mass is 9.52. The number of methoxy groups -OCH3 is 1. The number of primary amides is 1. The maximum Gasteiger partial charge on any atom is 0.407 e. The summed E-state index contributed by atoms with van der Waals surface area (Å²) in [5.41, 5.74) is 4.70. The molecule has 2 heterocycles. The molecule has 208 valence electrons. The Morgan fingerprint density at radius 3 is 2.50 bits per heavy atom. The molecule has 1 saturated heterocycles. The number of hydrogen-bond donors (Lipinski definition) is 3. The van der Waals surface area contributed by atoms with Gasteiger partial charge in [-0.15, -0.1) is 0 Å². The fraction of sp³-hybridized carbons (Fsp3) is 0.692. The summed E-state index contributed by atoms with van der Waals surface area (Å²) in [5.74, 6) is 1.51. The standard InChI is InChI=1S/C26H38N6O6/c1-25(2,30-24(35)36-3)4-5-32-22(31-6-8-37-9-7-31)19(15-28-32)21(33)29-20-17-10-16-11-18(20)14-26(12-16,13-17)38-23(27)34/h4-5,15-18,20H,6-14H2,1-3H3,(H2,27,34)(H,29,33)(H,30,35)/b5-4+. The summed E-state index contributed by atoms with van der Waals surface area (Å²) >= 11 is 0. The van der Waals surface area contributed by atoms with Crippen molar-refractivity contribution < 1.29 is 28.6 Å². The number of ether oxygens (including phenoxy) is 3. The molecule has 1 aliphatic heterocycles. The summed E-state index contributed by atoms with van der Waals surface area (Å²) in [6, 6.07) is 0.0169. The van der Waals surface area contributed by atoms with E-state index < -0.39 is 23.3 Å². The van der Waals surface area contributed by atoms with Gasteiger partial charge in [0.15, 0.2) is 0 Å². The summed E-state index contributed by atoms with van der Waals surface area (Å²) in [7, 11) is 1.32. The molecule has 2 unspecified atom stereocenters. The number of aromatic nitrogens is 2. The van der Waals surface area contributed by atoms with Crippen molar-refractivity contribution in [1.82, 2.24) is 20.4 Å². The summed E-state index contributed by atoms with van der Waals surface area (Å²) in [6.45, 7) is 6.06. The monoisotopic (exact) mass is 530 g/mol. The van der Waals surface area contributed by atoms with Crippen molar-refractivity contribution in [2.75, 3.05) is 38.3 Å². The summed E-state index contributed by atoms with van der Waals surface area (Å²) in [6.07, 6.45) is 8.27. The van der Waals surface area contributed by atoms with Crippen LogP contribution in [0.2, 0.25) is 0 Å². The van der Waals surface area contributed by atoms with Crippen molar-refractivity contribution in [2.45, 2.75) is 63.1 Å². The van der Waals surface area contributed by atoms with Crippen LogP contribution in [0.25, 0.3) is 6.20 Å². The first-order valence-corrected chi connectivity index (χ1v) is 13.3. The fourth-order valence-electron chi connectivity index (χ4n) is 7.08. The minimum absolute atomic E-state index is 0.0169. The molecule has 0 aromatic carbocycles. The molecule has 4 bridgehead atoms. The van der Waals surface area contributed by atoms with E-state index in [9.17, 15) is 14.4 Å². The number of carbonyl (C=O) groups is 3. The molecule has 4 saturated carbocycles. The van der Waals surface area contributed by atoms with Crippen LogP contribution in [0.15, 0.2) is 12.3 Å². The number of hydrogen-bond acceptors (Lipinski definition) is 8. The lowest BCUT2D eigenvalue weighted by Gasteiger charge is -2.58. The van der Waals surface area contributed by atoms with Crippen LogP contribution in [0.3, 0.4) is 0 Å². The van der Waals surface area contributed by atoms with Crippen LogP contribution < -0.4 is 21.3 Å². The third kappa shape index (κ3) is 5.31. The molecule has 0 spiro atoms. The molecule has 12 nitrogen and oxygen atoms in total. The van der Waals surface area contributed by atoms with Crippen molar-refractivity contribution in [2.24, 2.45) is 23.5 Å². The molecule has 5 aliphatic rings. The first kappa shape index (κ1) is 26.3. The first-order chi connectivity index (χ1) is 18.1. The van der Waals surface area contributed by atoms with Gasteiger partial charge in [-0.2, -0.15) is 5.10 Å². The molecule has 3 amide bonds. The highest BCUT2D eigenvalue weighted by molar-refractivity contribution is 5.99. The van der Waals surface area contributed by atoms with Crippen LogP contribution in [0.5, 0.6) is 0 Å². The van der Waals surface area contributed by atoms with E-state index in [4.69, 9.17) is 19.9 Å². The number of amides is 3. The molecule has 1 aromatic rings. The van der Waals surface area contributed by atoms with E-state index in [0.29, 0.717) is 43.6 Å². The molecular formula is C26H38N6O6. The van der Waals surface area contributed by atoms with Crippen molar-refractivity contribution in [1.29, 1.82) is 0 Å². The van der Waals surface area contributed by atoms with E-state index in [1.807, 2.05) is 13.8 Å². The average molecular weight is 531 g/mol. The van der Waals surface area contributed by atoms with Gasteiger partial charge in [0.2, 0.25) is 0 Å². The minimum atomic E-state index is -0.715. The third-order valence-electron chi connectivity index (χ3n) is 8.40. The van der Waals surface area contributed by atoms with Gasteiger partial charge >= 0.3 is 12.2 Å². The van der Waals surface area contributed by atoms with Crippen LogP contribution in [0.4, 0.5) is 15.4 Å². The Kier molecular flexibility index (Phi) is 7.01. The number of rotatable bonds is 7. The summed E-state index contributed by atoms with van der Waals surface area (Å²) in [4.78, 5) is 39.1. The zero-order chi connectivity index (χ0) is 27.1. The number of nitrogens with zero attached hydrogens (tertiary/aromatic N) is 3. The number of alkyl carbamates (subject to hydrolysis) is 1. The lowest BCUT2D eigenvalue weighted by Crippen LogP contribution is -2.63. The Morgan fingerprint density at radius 2 is 1.87 bits per heavy atom. The van der Waals surface area contributed by atoms with Crippen molar-refractivity contribution in [3.63, 3.8) is 0 Å². The number of nitrogens with one attached hydrogen (secondary N) is 2. The number of morpholine rings is 1. The van der Waals surface area contributed by atoms with Crippen molar-refractivity contribution in [3.05, 3.63) is 17.8 Å². The minimum Gasteiger partial charge on any atom is -0.453 e. The van der Waals surface area contributed by atoms with E-state index in [1.165, 1.54) is 7.11 Å². The first-order valence-electron chi connectivity index (χ1n) is 13.3. The molecule has 12 heteroatoms. The summed E-state index contributed by atoms with van der Waals surface area (Å²) in [5, 5.41) is 10.6. The van der Waals surface area contributed by atoms with E-state index in [-0.39, 0.29) is 23.8 Å². The van der Waals surface area contributed by atoms with Gasteiger partial charge in [0, 0.05) is 25.3 Å². The fourth-order valence-corrected chi connectivity index (χ4v) is 7.08. The second-order valence-electron chi connectivity index (χ2n) is 11.7. The van der Waals surface area contributed by atoms with Crippen LogP contribution in [0.1, 0.15) is 56.3 Å². The predicted octanol–water partition coefficient (Wildman–Crippen LogP) is 2.10. The van der Waals surface area contributed by atoms with Gasteiger partial charge in [-0.05, 0) is 69.8 Å². The van der Waals surface area contributed by atoms with Gasteiger partial charge in [0.05, 0.1) is 32.1 Å². The third-order valence-corrected chi connectivity index (χ3v) is 8.40. The van der Waals surface area contributed by atoms with Gasteiger partial charge in [0.25, 0.3) is 5.91 Å². The Hall–Kier alpha value is -3.28. The number of carbonyl (C=O) groups excluding carboxylic acids is 3. The maximum absolute atomic E-state index is 13.7. The van der Waals surface area contributed by atoms with Crippen LogP contribution in [0, 0.1) is 17.8 Å². The molecule has 4 N–H and O–H groups in total. The predicted molar refractivity (Wildman–Crippen MR) is 138 cm³/mol. The Labute approximate surface area is 222 Å². The topological polar surface area (TPSA) is 150 Å². The molecule has 4 aliphatic carbocycles. The highest BCUT2D eigenvalue weighted by Gasteiger charge is 2.57. The summed E-state index contributed by atoms with van der Waals surface area (Å²) < 4.78 is 17.6. The van der Waals surface area contributed by atoms with E-state index in [0.717, 1.165) is 32.1 Å². The Morgan fingerprint density at radius 1 is 1.18 bits per heavy atom. The largest absolute Gasteiger partial charge is 0.453 e. The zero-order valence-corrected chi connectivity index (χ0v) is 22.3. The number of anilines is 1. The molecule has 0 radical (unpaired) electrons.